The van der Waals surface area contributed by atoms with Gasteiger partial charge in [0.2, 0.25) is 0 Å². The van der Waals surface area contributed by atoms with E-state index in [1.165, 1.54) is 0 Å². The Hall–Kier alpha value is -2.41. The maximum atomic E-state index is 12.1. The number of hydrogen-bond acceptors (Lipinski definition) is 4. The second kappa shape index (κ2) is 7.23. The zero-order valence-electron chi connectivity index (χ0n) is 13.2. The highest BCUT2D eigenvalue weighted by Crippen LogP contribution is 2.11. The number of carbonyl (C=O) groups is 1. The molecule has 3 rings (SSSR count). The molecule has 1 aliphatic rings. The topological polar surface area (TPSA) is 72.3 Å². The summed E-state index contributed by atoms with van der Waals surface area (Å²) in [6.07, 6.45) is 3.90. The van der Waals surface area contributed by atoms with Crippen molar-refractivity contribution in [1.29, 1.82) is 0 Å². The first-order chi connectivity index (χ1) is 11.2. The first-order valence-corrected chi connectivity index (χ1v) is 7.79. The quantitative estimate of drug-likeness (QED) is 0.909. The highest BCUT2D eigenvalue weighted by molar-refractivity contribution is 5.73. The summed E-state index contributed by atoms with van der Waals surface area (Å²) in [6, 6.07) is 9.55. The number of ether oxygens (including phenoxy) is 1. The normalized spacial score (nSPS) is 17.2. The fourth-order valence-corrected chi connectivity index (χ4v) is 2.51. The summed E-state index contributed by atoms with van der Waals surface area (Å²) < 4.78 is 5.49. The molecule has 1 saturated heterocycles. The lowest BCUT2D eigenvalue weighted by molar-refractivity contribution is 0.109. The average molecular weight is 315 g/mol. The van der Waals surface area contributed by atoms with Gasteiger partial charge in [0.1, 0.15) is 5.69 Å². The Morgan fingerprint density at radius 3 is 3.00 bits per heavy atom. The van der Waals surface area contributed by atoms with Crippen LogP contribution in [0.5, 0.6) is 0 Å². The van der Waals surface area contributed by atoms with Gasteiger partial charge in [-0.2, -0.15) is 15.0 Å². The molecule has 2 aromatic rings. The van der Waals surface area contributed by atoms with Gasteiger partial charge in [-0.3, -0.25) is 0 Å². The standard InChI is InChI=1S/C16H21N5O2/c1-20(16(22)17-11-15-8-5-9-23-15)12-13-10-18-21(19-13)14-6-3-2-4-7-14/h2-4,6-7,10,15H,5,8-9,11-12H2,1H3,(H,17,22). The van der Waals surface area contributed by atoms with Crippen LogP contribution in [0, 0.1) is 0 Å². The van der Waals surface area contributed by atoms with Gasteiger partial charge in [-0.05, 0) is 25.0 Å². The Bertz CT molecular complexity index is 637. The van der Waals surface area contributed by atoms with Crippen LogP contribution in [-0.2, 0) is 11.3 Å². The van der Waals surface area contributed by atoms with Crippen LogP contribution in [0.2, 0.25) is 0 Å². The Kier molecular flexibility index (Phi) is 4.87. The fraction of sp³-hybridized carbons (Fsp3) is 0.438. The van der Waals surface area contributed by atoms with Gasteiger partial charge in [0.05, 0.1) is 24.5 Å². The molecule has 1 aromatic carbocycles. The first-order valence-electron chi connectivity index (χ1n) is 7.79. The van der Waals surface area contributed by atoms with Crippen LogP contribution in [-0.4, -0.2) is 52.2 Å². The molecular weight excluding hydrogens is 294 g/mol. The third-order valence-corrected chi connectivity index (χ3v) is 3.78. The molecule has 1 atom stereocenters. The van der Waals surface area contributed by atoms with E-state index in [0.29, 0.717) is 13.1 Å². The number of benzene rings is 1. The van der Waals surface area contributed by atoms with E-state index in [1.54, 1.807) is 22.9 Å². The monoisotopic (exact) mass is 315 g/mol. The summed E-state index contributed by atoms with van der Waals surface area (Å²) in [6.45, 7) is 1.75. The van der Waals surface area contributed by atoms with E-state index < -0.39 is 0 Å². The summed E-state index contributed by atoms with van der Waals surface area (Å²) >= 11 is 0. The van der Waals surface area contributed by atoms with E-state index in [-0.39, 0.29) is 12.1 Å². The van der Waals surface area contributed by atoms with Crippen molar-refractivity contribution in [2.24, 2.45) is 0 Å². The van der Waals surface area contributed by atoms with Crippen LogP contribution < -0.4 is 5.32 Å². The Labute approximate surface area is 135 Å². The van der Waals surface area contributed by atoms with Crippen molar-refractivity contribution >= 4 is 6.03 Å². The number of urea groups is 1. The van der Waals surface area contributed by atoms with Crippen molar-refractivity contribution in [1.82, 2.24) is 25.2 Å². The Balaban J connectivity index is 1.52. The molecule has 0 saturated carbocycles. The zero-order valence-corrected chi connectivity index (χ0v) is 13.2. The highest BCUT2D eigenvalue weighted by atomic mass is 16.5. The van der Waals surface area contributed by atoms with Gasteiger partial charge in [-0.1, -0.05) is 18.2 Å². The molecule has 1 N–H and O–H groups in total. The molecular formula is C16H21N5O2. The molecule has 1 aromatic heterocycles. The summed E-state index contributed by atoms with van der Waals surface area (Å²) in [7, 11) is 1.74. The van der Waals surface area contributed by atoms with Gasteiger partial charge in [-0.15, -0.1) is 0 Å². The molecule has 7 nitrogen and oxygen atoms in total. The summed E-state index contributed by atoms with van der Waals surface area (Å²) in [5.74, 6) is 0. The maximum Gasteiger partial charge on any atom is 0.317 e. The van der Waals surface area contributed by atoms with Crippen LogP contribution in [0.1, 0.15) is 18.5 Å². The lowest BCUT2D eigenvalue weighted by Crippen LogP contribution is -2.40. The van der Waals surface area contributed by atoms with Crippen LogP contribution in [0.15, 0.2) is 36.5 Å². The second-order valence-corrected chi connectivity index (χ2v) is 5.64. The predicted molar refractivity (Wildman–Crippen MR) is 85.2 cm³/mol. The van der Waals surface area contributed by atoms with Crippen LogP contribution in [0.25, 0.3) is 5.69 Å². The zero-order chi connectivity index (χ0) is 16.1. The van der Waals surface area contributed by atoms with Crippen LogP contribution in [0.4, 0.5) is 4.79 Å². The van der Waals surface area contributed by atoms with Gasteiger partial charge in [-0.25, -0.2) is 4.79 Å². The van der Waals surface area contributed by atoms with Crippen LogP contribution >= 0.6 is 0 Å². The Morgan fingerprint density at radius 2 is 2.26 bits per heavy atom. The third-order valence-electron chi connectivity index (χ3n) is 3.78. The van der Waals surface area contributed by atoms with Crippen molar-refractivity contribution in [3.8, 4) is 5.69 Å². The number of hydrogen-bond donors (Lipinski definition) is 1. The molecule has 122 valence electrons. The van der Waals surface area contributed by atoms with E-state index in [1.807, 2.05) is 30.3 Å². The lowest BCUT2D eigenvalue weighted by atomic mass is 10.2. The molecule has 0 radical (unpaired) electrons. The van der Waals surface area contributed by atoms with Crippen molar-refractivity contribution in [2.75, 3.05) is 20.2 Å². The molecule has 1 aliphatic heterocycles. The molecule has 0 bridgehead atoms. The minimum absolute atomic E-state index is 0.130. The van der Waals surface area contributed by atoms with Gasteiger partial charge in [0, 0.05) is 20.2 Å². The van der Waals surface area contributed by atoms with Gasteiger partial charge < -0.3 is 15.0 Å². The Morgan fingerprint density at radius 1 is 1.43 bits per heavy atom. The minimum Gasteiger partial charge on any atom is -0.376 e. The van der Waals surface area contributed by atoms with E-state index in [0.717, 1.165) is 30.8 Å². The number of nitrogens with zero attached hydrogens (tertiary/aromatic N) is 4. The summed E-state index contributed by atoms with van der Waals surface area (Å²) in [4.78, 5) is 15.2. The molecule has 0 aliphatic carbocycles. The second-order valence-electron chi connectivity index (χ2n) is 5.64. The fourth-order valence-electron chi connectivity index (χ4n) is 2.51. The van der Waals surface area contributed by atoms with Gasteiger partial charge in [0.25, 0.3) is 0 Å². The van der Waals surface area contributed by atoms with Crippen molar-refractivity contribution in [2.45, 2.75) is 25.5 Å². The maximum absolute atomic E-state index is 12.1. The van der Waals surface area contributed by atoms with Gasteiger partial charge in [0.15, 0.2) is 0 Å². The van der Waals surface area contributed by atoms with Crippen molar-refractivity contribution < 1.29 is 9.53 Å². The molecule has 2 amide bonds. The number of nitrogens with one attached hydrogen (secondary N) is 1. The van der Waals surface area contributed by atoms with Crippen molar-refractivity contribution in [3.63, 3.8) is 0 Å². The van der Waals surface area contributed by atoms with E-state index in [4.69, 9.17) is 4.74 Å². The van der Waals surface area contributed by atoms with E-state index >= 15 is 0 Å². The molecule has 23 heavy (non-hydrogen) atoms. The highest BCUT2D eigenvalue weighted by Gasteiger charge is 2.18. The molecule has 2 heterocycles. The number of aromatic nitrogens is 3. The average Bonchev–Trinajstić information content (AvgIpc) is 3.25. The van der Waals surface area contributed by atoms with E-state index in [9.17, 15) is 4.79 Å². The van der Waals surface area contributed by atoms with Crippen LogP contribution in [0.3, 0.4) is 0 Å². The summed E-state index contributed by atoms with van der Waals surface area (Å²) in [5.41, 5.74) is 1.63. The smallest absolute Gasteiger partial charge is 0.317 e. The van der Waals surface area contributed by atoms with Crippen molar-refractivity contribution in [3.05, 3.63) is 42.2 Å². The molecule has 1 unspecified atom stereocenters. The minimum atomic E-state index is -0.130. The van der Waals surface area contributed by atoms with Gasteiger partial charge >= 0.3 is 6.03 Å². The first kappa shape index (κ1) is 15.5. The number of para-hydroxylation sites is 1. The third kappa shape index (κ3) is 4.07. The number of rotatable bonds is 5. The lowest BCUT2D eigenvalue weighted by Gasteiger charge is -2.18. The van der Waals surface area contributed by atoms with E-state index in [2.05, 4.69) is 15.5 Å². The molecule has 7 heteroatoms. The molecule has 0 spiro atoms. The molecule has 1 fully saturated rings. The largest absolute Gasteiger partial charge is 0.376 e. The number of carbonyl (C=O) groups excluding carboxylic acids is 1. The number of amides is 2. The summed E-state index contributed by atoms with van der Waals surface area (Å²) in [5, 5.41) is 11.5. The predicted octanol–water partition coefficient (Wildman–Crippen LogP) is 1.59. The SMILES string of the molecule is CN(Cc1cnn(-c2ccccc2)n1)C(=O)NCC1CCCO1.